The van der Waals surface area contributed by atoms with E-state index in [0.717, 1.165) is 11.5 Å². The van der Waals surface area contributed by atoms with Crippen LogP contribution < -0.4 is 16.6 Å². The minimum Gasteiger partial charge on any atom is -0.444 e. The lowest BCUT2D eigenvalue weighted by Gasteiger charge is -2.24. The first kappa shape index (κ1) is 13.9. The number of hydrogen-bond acceptors (Lipinski definition) is 4. The number of hydrazine groups is 1. The van der Waals surface area contributed by atoms with E-state index in [4.69, 9.17) is 10.3 Å². The zero-order valence-corrected chi connectivity index (χ0v) is 11.7. The number of aromatic nitrogens is 1. The van der Waals surface area contributed by atoms with Crippen LogP contribution in [0.15, 0.2) is 9.41 Å². The van der Waals surface area contributed by atoms with Gasteiger partial charge in [0.15, 0.2) is 0 Å². The molecule has 1 aliphatic rings. The van der Waals surface area contributed by atoms with Gasteiger partial charge in [-0.05, 0) is 26.7 Å². The molecule has 0 saturated heterocycles. The van der Waals surface area contributed by atoms with Gasteiger partial charge < -0.3 is 9.73 Å². The summed E-state index contributed by atoms with van der Waals surface area (Å²) in [6, 6.07) is 0.469. The van der Waals surface area contributed by atoms with Gasteiger partial charge in [-0.3, -0.25) is 5.43 Å². The molecule has 0 atom stereocenters. The van der Waals surface area contributed by atoms with Crippen LogP contribution in [0.5, 0.6) is 0 Å². The highest BCUT2D eigenvalue weighted by atomic mass is 16.4. The Hall–Kier alpha value is -1.56. The van der Waals surface area contributed by atoms with E-state index in [0.29, 0.717) is 24.4 Å². The molecule has 0 spiro atoms. The first-order valence-corrected chi connectivity index (χ1v) is 6.89. The largest absolute Gasteiger partial charge is 0.444 e. The number of nitrogens with two attached hydrogens (primary N) is 1. The summed E-state index contributed by atoms with van der Waals surface area (Å²) in [5.74, 6) is 7.57. The van der Waals surface area contributed by atoms with Crippen LogP contribution in [0.2, 0.25) is 0 Å². The van der Waals surface area contributed by atoms with Gasteiger partial charge in [-0.15, -0.1) is 0 Å². The highest BCUT2D eigenvalue weighted by Crippen LogP contribution is 2.17. The summed E-state index contributed by atoms with van der Waals surface area (Å²) >= 11 is 0. The number of aryl methyl sites for hydroxylation is 2. The van der Waals surface area contributed by atoms with E-state index in [-0.39, 0.29) is 0 Å². The number of guanidine groups is 1. The van der Waals surface area contributed by atoms with Crippen LogP contribution in [0.4, 0.5) is 0 Å². The second-order valence-electron chi connectivity index (χ2n) is 5.04. The monoisotopic (exact) mass is 265 g/mol. The normalized spacial score (nSPS) is 17.5. The third kappa shape index (κ3) is 3.96. The van der Waals surface area contributed by atoms with Crippen molar-refractivity contribution in [2.75, 3.05) is 0 Å². The molecule has 2 rings (SSSR count). The maximum Gasteiger partial charge on any atom is 0.216 e. The van der Waals surface area contributed by atoms with Gasteiger partial charge in [0.1, 0.15) is 12.3 Å². The van der Waals surface area contributed by atoms with Crippen molar-refractivity contribution in [1.82, 2.24) is 15.7 Å². The molecule has 0 unspecified atom stereocenters. The topological polar surface area (TPSA) is 88.5 Å². The van der Waals surface area contributed by atoms with Gasteiger partial charge in [0.05, 0.1) is 5.69 Å². The lowest BCUT2D eigenvalue weighted by Crippen LogP contribution is -2.47. The maximum absolute atomic E-state index is 5.49. The predicted molar refractivity (Wildman–Crippen MR) is 74.4 cm³/mol. The molecule has 6 heteroatoms. The molecule has 19 heavy (non-hydrogen) atoms. The Morgan fingerprint density at radius 2 is 2.11 bits per heavy atom. The van der Waals surface area contributed by atoms with Crippen LogP contribution in [0, 0.1) is 13.8 Å². The Morgan fingerprint density at radius 1 is 1.37 bits per heavy atom. The van der Waals surface area contributed by atoms with E-state index in [9.17, 15) is 0 Å². The minimum absolute atomic E-state index is 0.397. The molecule has 0 amide bonds. The smallest absolute Gasteiger partial charge is 0.216 e. The quantitative estimate of drug-likeness (QED) is 0.334. The average molecular weight is 265 g/mol. The number of nitrogens with zero attached hydrogens (tertiary/aromatic N) is 2. The van der Waals surface area contributed by atoms with E-state index in [1.165, 1.54) is 32.1 Å². The van der Waals surface area contributed by atoms with Crippen LogP contribution in [0.1, 0.15) is 49.4 Å². The molecule has 0 bridgehead atoms. The van der Waals surface area contributed by atoms with Crippen molar-refractivity contribution in [3.8, 4) is 0 Å². The van der Waals surface area contributed by atoms with Crippen molar-refractivity contribution in [3.63, 3.8) is 0 Å². The predicted octanol–water partition coefficient (Wildman–Crippen LogP) is 1.53. The van der Waals surface area contributed by atoms with Crippen molar-refractivity contribution < 1.29 is 4.42 Å². The van der Waals surface area contributed by atoms with Crippen molar-refractivity contribution in [1.29, 1.82) is 0 Å². The lowest BCUT2D eigenvalue weighted by atomic mass is 9.96. The van der Waals surface area contributed by atoms with Gasteiger partial charge >= 0.3 is 0 Å². The zero-order chi connectivity index (χ0) is 13.7. The molecule has 1 fully saturated rings. The minimum atomic E-state index is 0.397. The third-order valence-electron chi connectivity index (χ3n) is 3.53. The zero-order valence-electron chi connectivity index (χ0n) is 11.7. The van der Waals surface area contributed by atoms with Gasteiger partial charge in [0.2, 0.25) is 11.9 Å². The Kier molecular flexibility index (Phi) is 4.79. The van der Waals surface area contributed by atoms with Gasteiger partial charge in [-0.2, -0.15) is 0 Å². The van der Waals surface area contributed by atoms with E-state index in [1.807, 2.05) is 13.8 Å². The van der Waals surface area contributed by atoms with E-state index < -0.39 is 0 Å². The molecule has 0 radical (unpaired) electrons. The Morgan fingerprint density at radius 3 is 2.68 bits per heavy atom. The van der Waals surface area contributed by atoms with Crippen molar-refractivity contribution >= 4 is 5.96 Å². The van der Waals surface area contributed by atoms with Gasteiger partial charge in [0, 0.05) is 6.04 Å². The Labute approximate surface area is 113 Å². The van der Waals surface area contributed by atoms with Crippen LogP contribution in [-0.2, 0) is 6.54 Å². The van der Waals surface area contributed by atoms with Crippen LogP contribution in [-0.4, -0.2) is 17.0 Å². The lowest BCUT2D eigenvalue weighted by molar-refractivity contribution is 0.409. The number of nitrogens with one attached hydrogen (secondary N) is 2. The summed E-state index contributed by atoms with van der Waals surface area (Å²) in [6.07, 6.45) is 6.23. The molecule has 6 nitrogen and oxygen atoms in total. The van der Waals surface area contributed by atoms with Crippen LogP contribution in [0.3, 0.4) is 0 Å². The number of aliphatic imine (C=N–C) groups is 1. The molecule has 1 aromatic heterocycles. The molecule has 0 aromatic carbocycles. The molecule has 1 aliphatic carbocycles. The maximum atomic E-state index is 5.49. The SMILES string of the molecule is Cc1nc(CN=C(NN)NC2CCCCC2)oc1C. The van der Waals surface area contributed by atoms with Gasteiger partial charge in [-0.1, -0.05) is 19.3 Å². The van der Waals surface area contributed by atoms with Gasteiger partial charge in [0.25, 0.3) is 0 Å². The molecule has 0 aliphatic heterocycles. The summed E-state index contributed by atoms with van der Waals surface area (Å²) in [4.78, 5) is 8.67. The van der Waals surface area contributed by atoms with Gasteiger partial charge in [-0.25, -0.2) is 15.8 Å². The van der Waals surface area contributed by atoms with Crippen molar-refractivity contribution in [2.45, 2.75) is 58.5 Å². The molecule has 1 saturated carbocycles. The fraction of sp³-hybridized carbons (Fsp3) is 0.692. The van der Waals surface area contributed by atoms with Crippen molar-refractivity contribution in [2.24, 2.45) is 10.8 Å². The van der Waals surface area contributed by atoms with E-state index in [2.05, 4.69) is 20.7 Å². The highest BCUT2D eigenvalue weighted by molar-refractivity contribution is 5.79. The van der Waals surface area contributed by atoms with Crippen molar-refractivity contribution in [3.05, 3.63) is 17.3 Å². The Bertz CT molecular complexity index is 415. The molecular weight excluding hydrogens is 242 g/mol. The van der Waals surface area contributed by atoms with E-state index >= 15 is 0 Å². The second kappa shape index (κ2) is 6.56. The third-order valence-corrected chi connectivity index (χ3v) is 3.53. The molecule has 106 valence electrons. The molecule has 4 N–H and O–H groups in total. The summed E-state index contributed by atoms with van der Waals surface area (Å²) in [5.41, 5.74) is 3.52. The van der Waals surface area contributed by atoms with E-state index in [1.54, 1.807) is 0 Å². The number of oxazole rings is 1. The standard InChI is InChI=1S/C13H23N5O/c1-9-10(2)19-12(16-9)8-15-13(18-14)17-11-6-4-3-5-7-11/h11H,3-8,14H2,1-2H3,(H2,15,17,18). The number of rotatable bonds is 3. The summed E-state index contributed by atoms with van der Waals surface area (Å²) in [7, 11) is 0. The summed E-state index contributed by atoms with van der Waals surface area (Å²) in [6.45, 7) is 4.22. The number of hydrogen-bond donors (Lipinski definition) is 3. The first-order valence-electron chi connectivity index (χ1n) is 6.89. The first-order chi connectivity index (χ1) is 9.19. The molecular formula is C13H23N5O. The fourth-order valence-corrected chi connectivity index (χ4v) is 2.33. The summed E-state index contributed by atoms with van der Waals surface area (Å²) < 4.78 is 5.48. The average Bonchev–Trinajstić information content (AvgIpc) is 2.75. The van der Waals surface area contributed by atoms with Crippen LogP contribution >= 0.6 is 0 Å². The molecule has 1 aromatic rings. The second-order valence-corrected chi connectivity index (χ2v) is 5.04. The van der Waals surface area contributed by atoms with Crippen LogP contribution in [0.25, 0.3) is 0 Å². The molecule has 1 heterocycles. The highest BCUT2D eigenvalue weighted by Gasteiger charge is 2.14. The Balaban J connectivity index is 1.90. The summed E-state index contributed by atoms with van der Waals surface area (Å²) in [5, 5.41) is 3.34. The fourth-order valence-electron chi connectivity index (χ4n) is 2.33.